The standard InChI is InChI=1S/C13H16N4O/c14-12-13(18-8-9-5-6-15-7-9)17-11-4-2-1-3-10(11)16-12/h1-4,9,15H,5-8H2,(H2,14,16). The van der Waals surface area contributed by atoms with E-state index in [1.165, 1.54) is 0 Å². The Kier molecular flexibility index (Phi) is 2.98. The highest BCUT2D eigenvalue weighted by molar-refractivity contribution is 5.76. The number of nitrogens with two attached hydrogens (primary N) is 1. The van der Waals surface area contributed by atoms with E-state index in [2.05, 4.69) is 15.3 Å². The Hall–Kier alpha value is -1.88. The van der Waals surface area contributed by atoms with E-state index >= 15 is 0 Å². The normalized spacial score (nSPS) is 19.2. The molecule has 1 aliphatic rings. The number of aromatic nitrogens is 2. The number of anilines is 1. The maximum atomic E-state index is 5.86. The average molecular weight is 244 g/mol. The number of nitrogens with zero attached hydrogens (tertiary/aromatic N) is 2. The molecular weight excluding hydrogens is 228 g/mol. The number of rotatable bonds is 3. The summed E-state index contributed by atoms with van der Waals surface area (Å²) in [6, 6.07) is 7.65. The number of nitrogens with one attached hydrogen (secondary N) is 1. The maximum absolute atomic E-state index is 5.86. The molecule has 5 heteroatoms. The molecule has 1 fully saturated rings. The number of para-hydroxylation sites is 2. The van der Waals surface area contributed by atoms with E-state index in [1.807, 2.05) is 24.3 Å². The molecule has 0 radical (unpaired) electrons. The van der Waals surface area contributed by atoms with Gasteiger partial charge in [0.15, 0.2) is 5.82 Å². The van der Waals surface area contributed by atoms with Crippen LogP contribution in [-0.2, 0) is 0 Å². The monoisotopic (exact) mass is 244 g/mol. The summed E-state index contributed by atoms with van der Waals surface area (Å²) < 4.78 is 5.69. The van der Waals surface area contributed by atoms with Crippen LogP contribution in [0.25, 0.3) is 11.0 Å². The summed E-state index contributed by atoms with van der Waals surface area (Å²) in [7, 11) is 0. The molecule has 2 heterocycles. The van der Waals surface area contributed by atoms with E-state index in [1.54, 1.807) is 0 Å². The van der Waals surface area contributed by atoms with Crippen LogP contribution in [0.15, 0.2) is 24.3 Å². The van der Waals surface area contributed by atoms with E-state index in [9.17, 15) is 0 Å². The average Bonchev–Trinajstić information content (AvgIpc) is 2.89. The second-order valence-electron chi connectivity index (χ2n) is 4.57. The Morgan fingerprint density at radius 2 is 2.06 bits per heavy atom. The predicted octanol–water partition coefficient (Wildman–Crippen LogP) is 1.20. The molecule has 1 unspecified atom stereocenters. The van der Waals surface area contributed by atoms with Gasteiger partial charge in [0.05, 0.1) is 17.6 Å². The van der Waals surface area contributed by atoms with Crippen molar-refractivity contribution in [1.29, 1.82) is 0 Å². The van der Waals surface area contributed by atoms with Crippen molar-refractivity contribution in [2.24, 2.45) is 5.92 Å². The van der Waals surface area contributed by atoms with Crippen molar-refractivity contribution in [2.75, 3.05) is 25.4 Å². The molecule has 1 aliphatic heterocycles. The van der Waals surface area contributed by atoms with Gasteiger partial charge >= 0.3 is 0 Å². The molecule has 2 aromatic rings. The summed E-state index contributed by atoms with van der Waals surface area (Å²) >= 11 is 0. The first-order valence-corrected chi connectivity index (χ1v) is 6.19. The van der Waals surface area contributed by atoms with Crippen LogP contribution in [0.2, 0.25) is 0 Å². The van der Waals surface area contributed by atoms with Gasteiger partial charge in [-0.3, -0.25) is 0 Å². The highest BCUT2D eigenvalue weighted by Crippen LogP contribution is 2.21. The highest BCUT2D eigenvalue weighted by Gasteiger charge is 2.16. The van der Waals surface area contributed by atoms with E-state index in [0.717, 1.165) is 30.5 Å². The second kappa shape index (κ2) is 4.78. The molecule has 0 aliphatic carbocycles. The van der Waals surface area contributed by atoms with Gasteiger partial charge in [0.1, 0.15) is 0 Å². The molecule has 1 aromatic heterocycles. The summed E-state index contributed by atoms with van der Waals surface area (Å²) in [5.74, 6) is 1.35. The molecule has 1 atom stereocenters. The molecule has 0 amide bonds. The molecule has 94 valence electrons. The SMILES string of the molecule is Nc1nc2ccccc2nc1OCC1CCNC1. The number of benzene rings is 1. The topological polar surface area (TPSA) is 73.1 Å². The zero-order chi connectivity index (χ0) is 12.4. The minimum Gasteiger partial charge on any atom is -0.475 e. The minimum atomic E-state index is 0.361. The molecule has 0 saturated carbocycles. The summed E-state index contributed by atoms with van der Waals surface area (Å²) in [6.07, 6.45) is 1.14. The van der Waals surface area contributed by atoms with Gasteiger partial charge in [0.2, 0.25) is 0 Å². The molecule has 1 saturated heterocycles. The summed E-state index contributed by atoms with van der Waals surface area (Å²) in [5.41, 5.74) is 7.46. The lowest BCUT2D eigenvalue weighted by molar-refractivity contribution is 0.252. The maximum Gasteiger partial charge on any atom is 0.257 e. The van der Waals surface area contributed by atoms with E-state index in [-0.39, 0.29) is 0 Å². The lowest BCUT2D eigenvalue weighted by Crippen LogP contribution is -2.16. The summed E-state index contributed by atoms with van der Waals surface area (Å²) in [5, 5.41) is 3.31. The van der Waals surface area contributed by atoms with Gasteiger partial charge < -0.3 is 15.8 Å². The van der Waals surface area contributed by atoms with Crippen LogP contribution in [0.4, 0.5) is 5.82 Å². The summed E-state index contributed by atoms with van der Waals surface area (Å²) in [4.78, 5) is 8.70. The summed E-state index contributed by atoms with van der Waals surface area (Å²) in [6.45, 7) is 2.71. The molecule has 18 heavy (non-hydrogen) atoms. The van der Waals surface area contributed by atoms with Gasteiger partial charge in [0, 0.05) is 12.5 Å². The van der Waals surface area contributed by atoms with Crippen molar-refractivity contribution in [1.82, 2.24) is 15.3 Å². The van der Waals surface area contributed by atoms with Crippen molar-refractivity contribution >= 4 is 16.9 Å². The van der Waals surface area contributed by atoms with Crippen LogP contribution in [0.1, 0.15) is 6.42 Å². The van der Waals surface area contributed by atoms with Crippen LogP contribution < -0.4 is 15.8 Å². The van der Waals surface area contributed by atoms with Gasteiger partial charge in [-0.05, 0) is 25.1 Å². The quantitative estimate of drug-likeness (QED) is 0.848. The largest absolute Gasteiger partial charge is 0.475 e. The first kappa shape index (κ1) is 11.2. The highest BCUT2D eigenvalue weighted by atomic mass is 16.5. The van der Waals surface area contributed by atoms with Gasteiger partial charge in [-0.1, -0.05) is 12.1 Å². The van der Waals surface area contributed by atoms with Crippen LogP contribution in [0.5, 0.6) is 5.88 Å². The van der Waals surface area contributed by atoms with Gasteiger partial charge in [-0.2, -0.15) is 0 Å². The van der Waals surface area contributed by atoms with Crippen LogP contribution in [0, 0.1) is 5.92 Å². The number of hydrogen-bond acceptors (Lipinski definition) is 5. The van der Waals surface area contributed by atoms with E-state index < -0.39 is 0 Å². The lowest BCUT2D eigenvalue weighted by atomic mass is 10.1. The Bertz CT molecular complexity index is 552. The van der Waals surface area contributed by atoms with Crippen molar-refractivity contribution in [3.63, 3.8) is 0 Å². The molecular formula is C13H16N4O. The molecule has 1 aromatic carbocycles. The van der Waals surface area contributed by atoms with E-state index in [0.29, 0.717) is 24.2 Å². The third-order valence-electron chi connectivity index (χ3n) is 3.18. The first-order valence-electron chi connectivity index (χ1n) is 6.19. The third-order valence-corrected chi connectivity index (χ3v) is 3.18. The lowest BCUT2D eigenvalue weighted by Gasteiger charge is -2.11. The zero-order valence-corrected chi connectivity index (χ0v) is 10.1. The fourth-order valence-corrected chi connectivity index (χ4v) is 2.16. The Morgan fingerprint density at radius 3 is 2.78 bits per heavy atom. The third kappa shape index (κ3) is 2.22. The number of nitrogen functional groups attached to an aromatic ring is 1. The predicted molar refractivity (Wildman–Crippen MR) is 70.4 cm³/mol. The first-order chi connectivity index (χ1) is 8.83. The van der Waals surface area contributed by atoms with Crippen molar-refractivity contribution in [3.05, 3.63) is 24.3 Å². The van der Waals surface area contributed by atoms with Gasteiger partial charge in [-0.25, -0.2) is 9.97 Å². The van der Waals surface area contributed by atoms with Crippen molar-refractivity contribution < 1.29 is 4.74 Å². The Labute approximate surface area is 105 Å². The Morgan fingerprint density at radius 1 is 1.28 bits per heavy atom. The minimum absolute atomic E-state index is 0.361. The zero-order valence-electron chi connectivity index (χ0n) is 10.1. The number of hydrogen-bond donors (Lipinski definition) is 2. The smallest absolute Gasteiger partial charge is 0.257 e. The molecule has 3 rings (SSSR count). The van der Waals surface area contributed by atoms with E-state index in [4.69, 9.17) is 10.5 Å². The fourth-order valence-electron chi connectivity index (χ4n) is 2.16. The van der Waals surface area contributed by atoms with Gasteiger partial charge in [-0.15, -0.1) is 0 Å². The van der Waals surface area contributed by atoms with Crippen LogP contribution in [-0.4, -0.2) is 29.7 Å². The second-order valence-corrected chi connectivity index (χ2v) is 4.57. The Balaban J connectivity index is 1.80. The number of fused-ring (bicyclic) bond motifs is 1. The van der Waals surface area contributed by atoms with Crippen molar-refractivity contribution in [2.45, 2.75) is 6.42 Å². The molecule has 0 spiro atoms. The molecule has 0 bridgehead atoms. The van der Waals surface area contributed by atoms with Crippen LogP contribution >= 0.6 is 0 Å². The van der Waals surface area contributed by atoms with Crippen LogP contribution in [0.3, 0.4) is 0 Å². The fraction of sp³-hybridized carbons (Fsp3) is 0.385. The van der Waals surface area contributed by atoms with Crippen molar-refractivity contribution in [3.8, 4) is 5.88 Å². The molecule has 3 N–H and O–H groups in total. The molecule has 5 nitrogen and oxygen atoms in total. The number of ether oxygens (including phenoxy) is 1. The van der Waals surface area contributed by atoms with Gasteiger partial charge in [0.25, 0.3) is 5.88 Å².